The number of nitrogens with one attached hydrogen (secondary N) is 2. The summed E-state index contributed by atoms with van der Waals surface area (Å²) in [7, 11) is 0. The Morgan fingerprint density at radius 3 is 2.62 bits per heavy atom. The van der Waals surface area contributed by atoms with E-state index in [4.69, 9.17) is 9.47 Å². The zero-order valence-corrected chi connectivity index (χ0v) is 11.7. The van der Waals surface area contributed by atoms with Crippen LogP contribution in [0.5, 0.6) is 0 Å². The predicted molar refractivity (Wildman–Crippen MR) is 74.9 cm³/mol. The van der Waals surface area contributed by atoms with E-state index in [2.05, 4.69) is 10.3 Å². The van der Waals surface area contributed by atoms with E-state index in [0.29, 0.717) is 10.9 Å². The van der Waals surface area contributed by atoms with Crippen molar-refractivity contribution < 1.29 is 23.5 Å². The Balaban J connectivity index is 2.50. The molecule has 0 aliphatic carbocycles. The molecule has 7 heteroatoms. The summed E-state index contributed by atoms with van der Waals surface area (Å²) in [6.45, 7) is 3.68. The van der Waals surface area contributed by atoms with E-state index in [1.165, 1.54) is 18.2 Å². The standard InChI is InChI=1S/C14H15FN2O4/c1-3-20-13(18)12-11(17-14(19)21-4-2)9-7-8(15)5-6-10(9)16-12/h5-7,16H,3-4H2,1-2H3,(H,17,19). The number of carbonyl (C=O) groups excluding carboxylic acids is 2. The van der Waals surface area contributed by atoms with Crippen molar-refractivity contribution in [3.05, 3.63) is 29.7 Å². The Kier molecular flexibility index (Phi) is 4.42. The molecule has 0 aliphatic rings. The van der Waals surface area contributed by atoms with Gasteiger partial charge in [0.1, 0.15) is 11.5 Å². The molecule has 1 amide bonds. The summed E-state index contributed by atoms with van der Waals surface area (Å²) in [6.07, 6.45) is -0.729. The molecule has 0 unspecified atom stereocenters. The van der Waals surface area contributed by atoms with Gasteiger partial charge in [-0.1, -0.05) is 0 Å². The summed E-state index contributed by atoms with van der Waals surface area (Å²) in [5.74, 6) is -1.12. The third kappa shape index (κ3) is 3.13. The van der Waals surface area contributed by atoms with Crippen LogP contribution in [-0.2, 0) is 9.47 Å². The molecule has 0 bridgehead atoms. The largest absolute Gasteiger partial charge is 0.461 e. The van der Waals surface area contributed by atoms with E-state index in [-0.39, 0.29) is 24.6 Å². The Morgan fingerprint density at radius 1 is 1.24 bits per heavy atom. The van der Waals surface area contributed by atoms with Gasteiger partial charge in [0.15, 0.2) is 0 Å². The number of aromatic amines is 1. The van der Waals surface area contributed by atoms with Gasteiger partial charge in [0, 0.05) is 10.9 Å². The lowest BCUT2D eigenvalue weighted by Crippen LogP contribution is -2.16. The maximum Gasteiger partial charge on any atom is 0.411 e. The quantitative estimate of drug-likeness (QED) is 0.849. The van der Waals surface area contributed by atoms with Crippen LogP contribution in [0.4, 0.5) is 14.9 Å². The van der Waals surface area contributed by atoms with Crippen LogP contribution < -0.4 is 5.32 Å². The molecule has 0 saturated heterocycles. The topological polar surface area (TPSA) is 80.4 Å². The van der Waals surface area contributed by atoms with Crippen molar-refractivity contribution in [2.24, 2.45) is 0 Å². The normalized spacial score (nSPS) is 10.4. The molecule has 0 fully saturated rings. The maximum absolute atomic E-state index is 13.4. The number of hydrogen-bond donors (Lipinski definition) is 2. The number of halogens is 1. The number of ether oxygens (including phenoxy) is 2. The third-order valence-corrected chi connectivity index (χ3v) is 2.74. The highest BCUT2D eigenvalue weighted by atomic mass is 19.1. The lowest BCUT2D eigenvalue weighted by molar-refractivity contribution is 0.0522. The van der Waals surface area contributed by atoms with Gasteiger partial charge in [0.2, 0.25) is 0 Å². The van der Waals surface area contributed by atoms with Crippen LogP contribution in [0.3, 0.4) is 0 Å². The highest BCUT2D eigenvalue weighted by Gasteiger charge is 2.21. The summed E-state index contributed by atoms with van der Waals surface area (Å²) in [6, 6.07) is 3.95. The number of benzene rings is 1. The number of anilines is 1. The Bertz CT molecular complexity index is 681. The molecular weight excluding hydrogens is 279 g/mol. The molecular formula is C14H15FN2O4. The second-order valence-corrected chi connectivity index (χ2v) is 4.13. The molecule has 1 aromatic carbocycles. The first-order chi connectivity index (χ1) is 10.1. The SMILES string of the molecule is CCOC(=O)Nc1c(C(=O)OCC)[nH]c2ccc(F)cc12. The number of aromatic nitrogens is 1. The first-order valence-corrected chi connectivity index (χ1v) is 6.49. The summed E-state index contributed by atoms with van der Waals surface area (Å²) in [5.41, 5.74) is 0.693. The number of H-pyrrole nitrogens is 1. The van der Waals surface area contributed by atoms with Crippen LogP contribution in [-0.4, -0.2) is 30.3 Å². The minimum Gasteiger partial charge on any atom is -0.461 e. The van der Waals surface area contributed by atoms with Gasteiger partial charge in [0.25, 0.3) is 0 Å². The molecule has 0 spiro atoms. The van der Waals surface area contributed by atoms with E-state index in [9.17, 15) is 14.0 Å². The number of fused-ring (bicyclic) bond motifs is 1. The first kappa shape index (κ1) is 14.8. The van der Waals surface area contributed by atoms with Gasteiger partial charge < -0.3 is 14.5 Å². The molecule has 112 valence electrons. The lowest BCUT2D eigenvalue weighted by atomic mass is 10.2. The van der Waals surface area contributed by atoms with Crippen LogP contribution >= 0.6 is 0 Å². The fourth-order valence-corrected chi connectivity index (χ4v) is 1.92. The van der Waals surface area contributed by atoms with Crippen molar-refractivity contribution in [1.29, 1.82) is 0 Å². The summed E-state index contributed by atoms with van der Waals surface area (Å²) in [4.78, 5) is 26.3. The van der Waals surface area contributed by atoms with Crippen molar-refractivity contribution in [3.8, 4) is 0 Å². The second kappa shape index (κ2) is 6.25. The van der Waals surface area contributed by atoms with Crippen molar-refractivity contribution >= 4 is 28.7 Å². The van der Waals surface area contributed by atoms with Crippen LogP contribution in [0.2, 0.25) is 0 Å². The molecule has 21 heavy (non-hydrogen) atoms. The summed E-state index contributed by atoms with van der Waals surface area (Å²) < 4.78 is 23.1. The van der Waals surface area contributed by atoms with Crippen molar-refractivity contribution in [1.82, 2.24) is 4.98 Å². The maximum atomic E-state index is 13.4. The third-order valence-electron chi connectivity index (χ3n) is 2.74. The van der Waals surface area contributed by atoms with Crippen LogP contribution in [0.15, 0.2) is 18.2 Å². The smallest absolute Gasteiger partial charge is 0.411 e. The molecule has 1 heterocycles. The van der Waals surface area contributed by atoms with E-state index < -0.39 is 17.9 Å². The lowest BCUT2D eigenvalue weighted by Gasteiger charge is -2.07. The fourth-order valence-electron chi connectivity index (χ4n) is 1.92. The van der Waals surface area contributed by atoms with Gasteiger partial charge in [-0.2, -0.15) is 0 Å². The fraction of sp³-hybridized carbons (Fsp3) is 0.286. The minimum absolute atomic E-state index is 0.0468. The molecule has 2 aromatic rings. The van der Waals surface area contributed by atoms with Gasteiger partial charge in [0.05, 0.1) is 18.9 Å². The van der Waals surface area contributed by atoms with Crippen LogP contribution in [0.1, 0.15) is 24.3 Å². The van der Waals surface area contributed by atoms with E-state index in [1.54, 1.807) is 13.8 Å². The molecule has 0 aliphatic heterocycles. The molecule has 2 N–H and O–H groups in total. The highest BCUT2D eigenvalue weighted by Crippen LogP contribution is 2.29. The van der Waals surface area contributed by atoms with Crippen molar-refractivity contribution in [2.75, 3.05) is 18.5 Å². The van der Waals surface area contributed by atoms with Crippen molar-refractivity contribution in [2.45, 2.75) is 13.8 Å². The van der Waals surface area contributed by atoms with E-state index >= 15 is 0 Å². The van der Waals surface area contributed by atoms with Crippen molar-refractivity contribution in [3.63, 3.8) is 0 Å². The average molecular weight is 294 g/mol. The van der Waals surface area contributed by atoms with Gasteiger partial charge >= 0.3 is 12.1 Å². The minimum atomic E-state index is -0.729. The number of esters is 1. The van der Waals surface area contributed by atoms with Crippen LogP contribution in [0.25, 0.3) is 10.9 Å². The number of amides is 1. The van der Waals surface area contributed by atoms with Crippen LogP contribution in [0, 0.1) is 5.82 Å². The average Bonchev–Trinajstić information content (AvgIpc) is 2.78. The molecule has 1 aromatic heterocycles. The monoisotopic (exact) mass is 294 g/mol. The van der Waals surface area contributed by atoms with Gasteiger partial charge in [-0.15, -0.1) is 0 Å². The van der Waals surface area contributed by atoms with E-state index in [1.807, 2.05) is 0 Å². The predicted octanol–water partition coefficient (Wildman–Crippen LogP) is 3.05. The van der Waals surface area contributed by atoms with Gasteiger partial charge in [-0.3, -0.25) is 5.32 Å². The summed E-state index contributed by atoms with van der Waals surface area (Å²) in [5, 5.41) is 2.81. The number of hydrogen-bond acceptors (Lipinski definition) is 4. The Morgan fingerprint density at radius 2 is 1.95 bits per heavy atom. The van der Waals surface area contributed by atoms with Gasteiger partial charge in [-0.05, 0) is 32.0 Å². The Labute approximate surface area is 120 Å². The molecule has 0 saturated carbocycles. The molecule has 6 nitrogen and oxygen atoms in total. The first-order valence-electron chi connectivity index (χ1n) is 6.49. The molecule has 0 radical (unpaired) electrons. The Hall–Kier alpha value is -2.57. The number of rotatable bonds is 4. The molecule has 2 rings (SSSR count). The van der Waals surface area contributed by atoms with Gasteiger partial charge in [-0.25, -0.2) is 14.0 Å². The second-order valence-electron chi connectivity index (χ2n) is 4.13. The zero-order chi connectivity index (χ0) is 15.4. The molecule has 0 atom stereocenters. The van der Waals surface area contributed by atoms with E-state index in [0.717, 1.165) is 0 Å². The zero-order valence-electron chi connectivity index (χ0n) is 11.7. The summed E-state index contributed by atoms with van der Waals surface area (Å²) >= 11 is 0. The number of carbonyl (C=O) groups is 2. The highest BCUT2D eigenvalue weighted by molar-refractivity contribution is 6.10.